The van der Waals surface area contributed by atoms with Crippen molar-refractivity contribution in [3.8, 4) is 0 Å². The zero-order valence-electron chi connectivity index (χ0n) is 13.1. The van der Waals surface area contributed by atoms with Gasteiger partial charge >= 0.3 is 11.9 Å². The summed E-state index contributed by atoms with van der Waals surface area (Å²) in [6.45, 7) is -2.76. The van der Waals surface area contributed by atoms with E-state index in [9.17, 15) is 32.6 Å². The molecule has 2 aromatic rings. The molecule has 1 aliphatic rings. The molecule has 0 aliphatic carbocycles. The number of aliphatic hydroxyl groups is 2. The van der Waals surface area contributed by atoms with E-state index in [1.54, 1.807) is 0 Å². The average molecular weight is 381 g/mol. The van der Waals surface area contributed by atoms with Gasteiger partial charge in [0.1, 0.15) is 30.9 Å². The fraction of sp³-hybridized carbons (Fsp3) is 0.615. The van der Waals surface area contributed by atoms with Gasteiger partial charge in [0.25, 0.3) is 0 Å². The highest BCUT2D eigenvalue weighted by Gasteiger charge is 2.41. The van der Waals surface area contributed by atoms with E-state index in [1.807, 2.05) is 0 Å². The Kier molecular flexibility index (Phi) is 4.62. The van der Waals surface area contributed by atoms with Crippen LogP contribution in [0.3, 0.4) is 0 Å². The first kappa shape index (κ1) is 18.5. The van der Waals surface area contributed by atoms with Crippen LogP contribution < -0.4 is 11.4 Å². The zero-order chi connectivity index (χ0) is 19.2. The van der Waals surface area contributed by atoms with E-state index in [4.69, 9.17) is 10.5 Å². The maximum Gasteiger partial charge on any atom is 0.406 e. The average Bonchev–Trinajstić information content (AvgIpc) is 3.04. The van der Waals surface area contributed by atoms with Crippen molar-refractivity contribution < 1.29 is 32.5 Å². The molecule has 1 aliphatic heterocycles. The first-order valence-corrected chi connectivity index (χ1v) is 7.50. The third-order valence-electron chi connectivity index (χ3n) is 4.02. The summed E-state index contributed by atoms with van der Waals surface area (Å²) >= 11 is 0. The molecule has 2 aromatic heterocycles. The molecule has 0 bridgehead atoms. The lowest BCUT2D eigenvalue weighted by Gasteiger charge is -2.17. The van der Waals surface area contributed by atoms with Gasteiger partial charge in [-0.15, -0.1) is 0 Å². The van der Waals surface area contributed by atoms with Crippen molar-refractivity contribution in [2.75, 3.05) is 12.4 Å². The fourth-order valence-electron chi connectivity index (χ4n) is 2.89. The number of hydrogen-bond donors (Lipinski definition) is 3. The summed E-state index contributed by atoms with van der Waals surface area (Å²) in [6, 6.07) is 0. The molecule has 26 heavy (non-hydrogen) atoms. The number of nitrogen functional groups attached to an aromatic ring is 1. The molecule has 9 nitrogen and oxygen atoms in total. The normalized spacial score (nSPS) is 25.1. The minimum absolute atomic E-state index is 0.214. The molecule has 4 N–H and O–H groups in total. The van der Waals surface area contributed by atoms with Crippen LogP contribution in [0.1, 0.15) is 12.6 Å². The predicted octanol–water partition coefficient (Wildman–Crippen LogP) is -0.284. The highest BCUT2D eigenvalue weighted by Crippen LogP contribution is 2.32. The van der Waals surface area contributed by atoms with E-state index in [1.165, 1.54) is 0 Å². The Bertz CT molecular complexity index is 867. The third-order valence-corrected chi connectivity index (χ3v) is 4.02. The van der Waals surface area contributed by atoms with Gasteiger partial charge in [-0.25, -0.2) is 18.7 Å². The fourth-order valence-corrected chi connectivity index (χ4v) is 2.89. The van der Waals surface area contributed by atoms with Crippen LogP contribution in [-0.4, -0.2) is 60.5 Å². The second-order valence-electron chi connectivity index (χ2n) is 5.88. The van der Waals surface area contributed by atoms with Gasteiger partial charge in [-0.1, -0.05) is 0 Å². The number of ether oxygens (including phenoxy) is 1. The lowest BCUT2D eigenvalue weighted by molar-refractivity contribution is -0.140. The van der Waals surface area contributed by atoms with E-state index < -0.39 is 49.6 Å². The number of nitrogens with zero attached hydrogens (tertiary/aromatic N) is 4. The molecule has 0 spiro atoms. The molecule has 144 valence electrons. The van der Waals surface area contributed by atoms with Crippen LogP contribution in [0.2, 0.25) is 0 Å². The molecule has 0 saturated carbocycles. The van der Waals surface area contributed by atoms with Gasteiger partial charge in [-0.05, 0) is 0 Å². The summed E-state index contributed by atoms with van der Waals surface area (Å²) in [7, 11) is 0. The zero-order valence-corrected chi connectivity index (χ0v) is 13.1. The summed E-state index contributed by atoms with van der Waals surface area (Å²) in [6.07, 6.45) is -9.47. The first-order chi connectivity index (χ1) is 12.1. The van der Waals surface area contributed by atoms with Gasteiger partial charge in [0.2, 0.25) is 5.95 Å². The summed E-state index contributed by atoms with van der Waals surface area (Å²) in [5, 5.41) is 19.7. The third kappa shape index (κ3) is 3.24. The Labute approximate surface area is 142 Å². The van der Waals surface area contributed by atoms with Crippen molar-refractivity contribution in [1.29, 1.82) is 0 Å². The molecule has 4 atom stereocenters. The number of imidazole rings is 1. The van der Waals surface area contributed by atoms with E-state index in [-0.39, 0.29) is 23.5 Å². The Morgan fingerprint density at radius 1 is 1.46 bits per heavy atom. The van der Waals surface area contributed by atoms with Crippen LogP contribution in [0.15, 0.2) is 11.0 Å². The highest BCUT2D eigenvalue weighted by molar-refractivity contribution is 5.72. The Morgan fingerprint density at radius 3 is 2.77 bits per heavy atom. The second kappa shape index (κ2) is 6.48. The number of alkyl halides is 4. The van der Waals surface area contributed by atoms with Crippen molar-refractivity contribution in [2.45, 2.75) is 43.7 Å². The minimum atomic E-state index is -4.70. The number of aliphatic hydroxyl groups excluding tert-OH is 2. The van der Waals surface area contributed by atoms with Crippen molar-refractivity contribution >= 4 is 17.1 Å². The molecular formula is C13H15F4N5O4. The van der Waals surface area contributed by atoms with E-state index in [0.29, 0.717) is 9.13 Å². The molecule has 1 fully saturated rings. The number of halogens is 4. The number of rotatable bonds is 4. The maximum atomic E-state index is 12.8. The number of fused-ring (bicyclic) bond motifs is 1. The summed E-state index contributed by atoms with van der Waals surface area (Å²) < 4.78 is 57.5. The molecule has 3 rings (SSSR count). The molecule has 0 aromatic carbocycles. The van der Waals surface area contributed by atoms with Crippen LogP contribution in [0, 0.1) is 0 Å². The van der Waals surface area contributed by atoms with Gasteiger partial charge in [0.05, 0.1) is 12.3 Å². The smallest absolute Gasteiger partial charge is 0.388 e. The molecule has 1 unspecified atom stereocenters. The van der Waals surface area contributed by atoms with Crippen molar-refractivity contribution in [3.05, 3.63) is 16.7 Å². The van der Waals surface area contributed by atoms with E-state index >= 15 is 0 Å². The van der Waals surface area contributed by atoms with Crippen LogP contribution in [0.5, 0.6) is 0 Å². The lowest BCUT2D eigenvalue weighted by Crippen LogP contribution is -2.34. The van der Waals surface area contributed by atoms with Gasteiger partial charge < -0.3 is 20.7 Å². The van der Waals surface area contributed by atoms with E-state index in [0.717, 1.165) is 6.20 Å². The molecule has 3 heterocycles. The summed E-state index contributed by atoms with van der Waals surface area (Å²) in [4.78, 5) is 19.9. The molecule has 0 radical (unpaired) electrons. The van der Waals surface area contributed by atoms with Crippen LogP contribution in [-0.2, 0) is 11.3 Å². The Morgan fingerprint density at radius 2 is 2.15 bits per heavy atom. The molecular weight excluding hydrogens is 366 g/mol. The highest BCUT2D eigenvalue weighted by atomic mass is 19.4. The molecule has 0 amide bonds. The van der Waals surface area contributed by atoms with E-state index in [2.05, 4.69) is 9.97 Å². The van der Waals surface area contributed by atoms with Gasteiger partial charge in [-0.3, -0.25) is 4.57 Å². The van der Waals surface area contributed by atoms with Crippen molar-refractivity contribution in [3.63, 3.8) is 0 Å². The number of anilines is 1. The largest absolute Gasteiger partial charge is 0.406 e. The number of aromatic nitrogens is 4. The number of nitrogens with two attached hydrogens (primary N) is 1. The second-order valence-corrected chi connectivity index (χ2v) is 5.88. The monoisotopic (exact) mass is 381 g/mol. The number of hydrogen-bond acceptors (Lipinski definition) is 7. The minimum Gasteiger partial charge on any atom is -0.388 e. The van der Waals surface area contributed by atoms with Crippen molar-refractivity contribution in [2.24, 2.45) is 0 Å². The lowest BCUT2D eigenvalue weighted by atomic mass is 10.1. The topological polar surface area (TPSA) is 128 Å². The van der Waals surface area contributed by atoms with Crippen molar-refractivity contribution in [1.82, 2.24) is 19.1 Å². The molecule has 13 heteroatoms. The Balaban J connectivity index is 2.13. The maximum absolute atomic E-state index is 12.8. The quantitative estimate of drug-likeness (QED) is 0.621. The van der Waals surface area contributed by atoms with Gasteiger partial charge in [0.15, 0.2) is 11.9 Å². The predicted molar refractivity (Wildman–Crippen MR) is 78.8 cm³/mol. The first-order valence-electron chi connectivity index (χ1n) is 7.50. The summed E-state index contributed by atoms with van der Waals surface area (Å²) in [5.74, 6) is -0.303. The van der Waals surface area contributed by atoms with Crippen LogP contribution in [0.4, 0.5) is 23.5 Å². The SMILES string of the molecule is Nc1ncc2c(n1)n([C@@H]1O[C@H](C(O)CF)C[C@H]1O)c(=O)n2CC(F)(F)F. The van der Waals surface area contributed by atoms with Gasteiger partial charge in [0, 0.05) is 6.42 Å². The molecule has 1 saturated heterocycles. The van der Waals surface area contributed by atoms with Gasteiger partial charge in [-0.2, -0.15) is 18.2 Å². The summed E-state index contributed by atoms with van der Waals surface area (Å²) in [5.41, 5.74) is 3.76. The Hall–Kier alpha value is -2.25. The van der Waals surface area contributed by atoms with Crippen LogP contribution >= 0.6 is 0 Å². The van der Waals surface area contributed by atoms with Crippen LogP contribution in [0.25, 0.3) is 11.2 Å². The standard InChI is InChI=1S/C13H15F4N5O4/c14-2-7(24)8-1-6(23)10(26-8)22-9-5(3-19-11(18)20-9)21(12(22)25)4-13(15,16)17/h3,6-8,10,23-24H,1-2,4H2,(H2,18,19,20)/t6-,7?,8+,10-/m1/s1.